The van der Waals surface area contributed by atoms with E-state index in [0.29, 0.717) is 23.4 Å². The summed E-state index contributed by atoms with van der Waals surface area (Å²) in [5, 5.41) is 12.1. The Hall–Kier alpha value is -2.15. The molecule has 0 fully saturated rings. The van der Waals surface area contributed by atoms with Gasteiger partial charge < -0.3 is 9.88 Å². The quantitative estimate of drug-likeness (QED) is 0.633. The van der Waals surface area contributed by atoms with Gasteiger partial charge in [-0.15, -0.1) is 10.2 Å². The van der Waals surface area contributed by atoms with E-state index in [0.717, 1.165) is 36.8 Å². The molecule has 1 aromatic heterocycles. The minimum Gasteiger partial charge on any atom is -0.326 e. The van der Waals surface area contributed by atoms with Crippen molar-refractivity contribution in [2.24, 2.45) is 0 Å². The predicted octanol–water partition coefficient (Wildman–Crippen LogP) is 3.33. The van der Waals surface area contributed by atoms with Crippen LogP contribution in [0.15, 0.2) is 29.4 Å². The molecule has 1 N–H and O–H groups in total. The smallest absolute Gasteiger partial charge is 0.224 e. The van der Waals surface area contributed by atoms with Crippen molar-refractivity contribution in [1.82, 2.24) is 14.8 Å². The zero-order valence-electron chi connectivity index (χ0n) is 14.3. The SMILES string of the molecule is CCC(=O)Nc1ccc(C(=O)CSc2nnc3n2CCCCC3)cc1. The standard InChI is InChI=1S/C18H22N4O2S/c1-2-17(24)19-14-9-7-13(8-10-14)15(23)12-25-18-21-20-16-6-4-3-5-11-22(16)18/h7-10H,2-6,11-12H2,1H3,(H,19,24). The third-order valence-corrected chi connectivity index (χ3v) is 5.19. The largest absolute Gasteiger partial charge is 0.326 e. The summed E-state index contributed by atoms with van der Waals surface area (Å²) in [6.07, 6.45) is 4.90. The van der Waals surface area contributed by atoms with Crippen molar-refractivity contribution in [1.29, 1.82) is 0 Å². The maximum atomic E-state index is 12.4. The Morgan fingerprint density at radius 2 is 1.96 bits per heavy atom. The zero-order chi connectivity index (χ0) is 17.6. The first-order chi connectivity index (χ1) is 12.2. The molecule has 0 saturated heterocycles. The highest BCUT2D eigenvalue weighted by atomic mass is 32.2. The third kappa shape index (κ3) is 4.48. The highest BCUT2D eigenvalue weighted by Gasteiger charge is 2.16. The van der Waals surface area contributed by atoms with Gasteiger partial charge in [-0.3, -0.25) is 9.59 Å². The second-order valence-corrected chi connectivity index (χ2v) is 6.99. The van der Waals surface area contributed by atoms with Crippen LogP contribution in [0, 0.1) is 0 Å². The third-order valence-electron chi connectivity index (χ3n) is 4.22. The summed E-state index contributed by atoms with van der Waals surface area (Å²) in [6, 6.07) is 7.01. The number of carbonyl (C=O) groups is 2. The van der Waals surface area contributed by atoms with E-state index in [2.05, 4.69) is 20.1 Å². The highest BCUT2D eigenvalue weighted by Crippen LogP contribution is 2.23. The van der Waals surface area contributed by atoms with Gasteiger partial charge in [-0.05, 0) is 37.1 Å². The molecule has 1 aliphatic rings. The van der Waals surface area contributed by atoms with E-state index < -0.39 is 0 Å². The number of nitrogens with zero attached hydrogens (tertiary/aromatic N) is 3. The molecule has 0 saturated carbocycles. The number of benzene rings is 1. The van der Waals surface area contributed by atoms with Crippen LogP contribution in [0.3, 0.4) is 0 Å². The van der Waals surface area contributed by atoms with Gasteiger partial charge in [0.05, 0.1) is 5.75 Å². The van der Waals surface area contributed by atoms with Crippen LogP contribution in [0.1, 0.15) is 48.8 Å². The Morgan fingerprint density at radius 3 is 2.72 bits per heavy atom. The molecule has 3 rings (SSSR count). The number of aromatic nitrogens is 3. The summed E-state index contributed by atoms with van der Waals surface area (Å²) in [5.41, 5.74) is 1.34. The molecule has 0 spiro atoms. The molecular formula is C18H22N4O2S. The van der Waals surface area contributed by atoms with Crippen LogP contribution in [-0.4, -0.2) is 32.2 Å². The minimum absolute atomic E-state index is 0.0397. The fourth-order valence-corrected chi connectivity index (χ4v) is 3.65. The van der Waals surface area contributed by atoms with Crippen LogP contribution in [-0.2, 0) is 17.8 Å². The lowest BCUT2D eigenvalue weighted by molar-refractivity contribution is -0.115. The van der Waals surface area contributed by atoms with Crippen molar-refractivity contribution < 1.29 is 9.59 Å². The topological polar surface area (TPSA) is 76.9 Å². The molecular weight excluding hydrogens is 336 g/mol. The van der Waals surface area contributed by atoms with Gasteiger partial charge in [-0.2, -0.15) is 0 Å². The van der Waals surface area contributed by atoms with Gasteiger partial charge >= 0.3 is 0 Å². The van der Waals surface area contributed by atoms with Gasteiger partial charge in [0.2, 0.25) is 5.91 Å². The van der Waals surface area contributed by atoms with Crippen molar-refractivity contribution in [2.75, 3.05) is 11.1 Å². The van der Waals surface area contributed by atoms with Crippen molar-refractivity contribution in [3.63, 3.8) is 0 Å². The number of hydrogen-bond donors (Lipinski definition) is 1. The lowest BCUT2D eigenvalue weighted by Gasteiger charge is -2.07. The molecule has 132 valence electrons. The van der Waals surface area contributed by atoms with Crippen molar-refractivity contribution in [3.05, 3.63) is 35.7 Å². The van der Waals surface area contributed by atoms with E-state index in [4.69, 9.17) is 0 Å². The summed E-state index contributed by atoms with van der Waals surface area (Å²) in [7, 11) is 0. The molecule has 1 aliphatic heterocycles. The van der Waals surface area contributed by atoms with Crippen molar-refractivity contribution >= 4 is 29.1 Å². The molecule has 0 unspecified atom stereocenters. The van der Waals surface area contributed by atoms with E-state index in [1.54, 1.807) is 31.2 Å². The second-order valence-electron chi connectivity index (χ2n) is 6.05. The lowest BCUT2D eigenvalue weighted by atomic mass is 10.1. The van der Waals surface area contributed by atoms with E-state index >= 15 is 0 Å². The van der Waals surface area contributed by atoms with E-state index in [1.807, 2.05) is 0 Å². The van der Waals surface area contributed by atoms with Crippen molar-refractivity contribution in [2.45, 2.75) is 50.7 Å². The number of amides is 1. The number of hydrogen-bond acceptors (Lipinski definition) is 5. The first kappa shape index (κ1) is 17.7. The van der Waals surface area contributed by atoms with Gasteiger partial charge in [-0.1, -0.05) is 25.1 Å². The zero-order valence-corrected chi connectivity index (χ0v) is 15.1. The van der Waals surface area contributed by atoms with E-state index in [-0.39, 0.29) is 11.7 Å². The molecule has 2 aromatic rings. The molecule has 0 bridgehead atoms. The number of anilines is 1. The minimum atomic E-state index is -0.0397. The molecule has 1 amide bonds. The molecule has 0 atom stereocenters. The average Bonchev–Trinajstić information content (AvgIpc) is 2.86. The molecule has 7 heteroatoms. The Morgan fingerprint density at radius 1 is 1.16 bits per heavy atom. The van der Waals surface area contributed by atoms with Gasteiger partial charge in [0, 0.05) is 30.6 Å². The molecule has 0 radical (unpaired) electrons. The first-order valence-electron chi connectivity index (χ1n) is 8.65. The molecule has 25 heavy (non-hydrogen) atoms. The molecule has 1 aromatic carbocycles. The summed E-state index contributed by atoms with van der Waals surface area (Å²) in [6.45, 7) is 2.74. The van der Waals surface area contributed by atoms with Gasteiger partial charge in [0.15, 0.2) is 10.9 Å². The van der Waals surface area contributed by atoms with Crippen LogP contribution < -0.4 is 5.32 Å². The normalized spacial score (nSPS) is 13.8. The number of thioether (sulfide) groups is 1. The van der Waals surface area contributed by atoms with E-state index in [9.17, 15) is 9.59 Å². The maximum absolute atomic E-state index is 12.4. The van der Waals surface area contributed by atoms with Crippen molar-refractivity contribution in [3.8, 4) is 0 Å². The Labute approximate surface area is 151 Å². The Balaban J connectivity index is 1.59. The van der Waals surface area contributed by atoms with Crippen LogP contribution in [0.4, 0.5) is 5.69 Å². The highest BCUT2D eigenvalue weighted by molar-refractivity contribution is 7.99. The number of carbonyl (C=O) groups excluding carboxylic acids is 2. The van der Waals surface area contributed by atoms with Gasteiger partial charge in [-0.25, -0.2) is 0 Å². The first-order valence-corrected chi connectivity index (χ1v) is 9.64. The number of rotatable bonds is 6. The average molecular weight is 358 g/mol. The van der Waals surface area contributed by atoms with Crippen LogP contribution in [0.5, 0.6) is 0 Å². The molecule has 6 nitrogen and oxygen atoms in total. The van der Waals surface area contributed by atoms with Crippen LogP contribution in [0.2, 0.25) is 0 Å². The Kier molecular flexibility index (Phi) is 5.86. The summed E-state index contributed by atoms with van der Waals surface area (Å²) < 4.78 is 2.15. The Bertz CT molecular complexity index is 755. The lowest BCUT2D eigenvalue weighted by Crippen LogP contribution is -2.10. The monoisotopic (exact) mass is 358 g/mol. The van der Waals surface area contributed by atoms with Gasteiger partial charge in [0.25, 0.3) is 0 Å². The fourth-order valence-electron chi connectivity index (χ4n) is 2.77. The fraction of sp³-hybridized carbons (Fsp3) is 0.444. The summed E-state index contributed by atoms with van der Waals surface area (Å²) >= 11 is 1.44. The number of Topliss-reactive ketones (excluding diaryl/α,β-unsaturated/α-hetero) is 1. The van der Waals surface area contributed by atoms with Gasteiger partial charge in [0.1, 0.15) is 5.82 Å². The summed E-state index contributed by atoms with van der Waals surface area (Å²) in [5.74, 6) is 1.37. The number of nitrogens with one attached hydrogen (secondary N) is 1. The number of fused-ring (bicyclic) bond motifs is 1. The number of ketones is 1. The van der Waals surface area contributed by atoms with Crippen LogP contribution >= 0.6 is 11.8 Å². The number of aryl methyl sites for hydroxylation is 1. The predicted molar refractivity (Wildman–Crippen MR) is 98.0 cm³/mol. The molecule has 0 aliphatic carbocycles. The second kappa shape index (κ2) is 8.29. The maximum Gasteiger partial charge on any atom is 0.224 e. The van der Waals surface area contributed by atoms with Crippen LogP contribution in [0.25, 0.3) is 0 Å². The molecule has 2 heterocycles. The summed E-state index contributed by atoms with van der Waals surface area (Å²) in [4.78, 5) is 23.8. The van der Waals surface area contributed by atoms with E-state index in [1.165, 1.54) is 18.2 Å².